The highest BCUT2D eigenvalue weighted by Gasteiger charge is 2.55. The molecule has 0 aromatic heterocycles. The summed E-state index contributed by atoms with van der Waals surface area (Å²) in [7, 11) is 0. The summed E-state index contributed by atoms with van der Waals surface area (Å²) in [6, 6.07) is 0. The zero-order valence-corrected chi connectivity index (χ0v) is 13.6. The summed E-state index contributed by atoms with van der Waals surface area (Å²) in [6.07, 6.45) is 2.22. The summed E-state index contributed by atoms with van der Waals surface area (Å²) in [5.74, 6) is -0.747. The quantitative estimate of drug-likeness (QED) is 0.440. The number of carbonyl (C=O) groups is 3. The molecule has 0 saturated heterocycles. The number of esters is 1. The van der Waals surface area contributed by atoms with Gasteiger partial charge in [-0.25, -0.2) is 4.79 Å². The minimum atomic E-state index is -0.981. The van der Waals surface area contributed by atoms with Crippen LogP contribution in [0.4, 0.5) is 4.79 Å². The molecule has 2 aliphatic carbocycles. The van der Waals surface area contributed by atoms with Crippen LogP contribution in [-0.2, 0) is 19.1 Å². The van der Waals surface area contributed by atoms with Gasteiger partial charge in [0.1, 0.15) is 0 Å². The molecule has 0 aliphatic heterocycles. The molecule has 0 radical (unpaired) electrons. The Morgan fingerprint density at radius 3 is 2.70 bits per heavy atom. The smallest absolute Gasteiger partial charge is 0.410 e. The lowest BCUT2D eigenvalue weighted by Crippen LogP contribution is -2.53. The van der Waals surface area contributed by atoms with E-state index in [1.54, 1.807) is 0 Å². The number of ether oxygens (including phenoxy) is 2. The fraction of sp³-hybridized carbons (Fsp3) is 0.688. The summed E-state index contributed by atoms with van der Waals surface area (Å²) in [5.41, 5.74) is 0.816. The normalized spacial score (nSPS) is 29.6. The van der Waals surface area contributed by atoms with Gasteiger partial charge in [0.2, 0.25) is 6.29 Å². The summed E-state index contributed by atoms with van der Waals surface area (Å²) in [4.78, 5) is 33.8. The lowest BCUT2D eigenvalue weighted by molar-refractivity contribution is -0.162. The zero-order chi connectivity index (χ0) is 17.2. The fourth-order valence-electron chi connectivity index (χ4n) is 3.87. The molecule has 1 unspecified atom stereocenters. The average molecular weight is 325 g/mol. The number of nitrogens with one attached hydrogen (secondary N) is 1. The number of allylic oxidation sites excluding steroid dienone is 2. The van der Waals surface area contributed by atoms with E-state index in [1.165, 1.54) is 19.4 Å². The van der Waals surface area contributed by atoms with Gasteiger partial charge >= 0.3 is 18.0 Å². The Bertz CT molecular complexity index is 543. The Labute approximate surface area is 135 Å². The molecule has 128 valence electrons. The third-order valence-corrected chi connectivity index (χ3v) is 4.62. The number of hydrogen-bond donors (Lipinski definition) is 2. The van der Waals surface area contributed by atoms with E-state index in [4.69, 9.17) is 9.47 Å². The van der Waals surface area contributed by atoms with Crippen molar-refractivity contribution in [2.75, 3.05) is 6.54 Å². The van der Waals surface area contributed by atoms with Crippen LogP contribution in [0.5, 0.6) is 0 Å². The van der Waals surface area contributed by atoms with Crippen LogP contribution < -0.4 is 5.32 Å². The van der Waals surface area contributed by atoms with Gasteiger partial charge in [0, 0.05) is 25.8 Å². The molecule has 7 heteroatoms. The fourth-order valence-corrected chi connectivity index (χ4v) is 3.87. The molecular weight excluding hydrogens is 302 g/mol. The molecule has 0 bridgehead atoms. The van der Waals surface area contributed by atoms with Crippen molar-refractivity contribution in [1.82, 2.24) is 5.32 Å². The molecule has 0 spiro atoms. The predicted molar refractivity (Wildman–Crippen MR) is 80.4 cm³/mol. The standard InChI is InChI=1S/C16H23NO6/c1-9-4-12-6-16(7-14(19)20,13(12)5-9)8-17-15(21)23-11(3)22-10(2)18/h5,11-13H,4,6-8H2,1-3H3,(H,17,21)(H,19,20)/t11?,12-,13+,16+/m1/s1. The van der Waals surface area contributed by atoms with Crippen LogP contribution in [0.2, 0.25) is 0 Å². The molecular formula is C16H23NO6. The molecule has 1 saturated carbocycles. The first-order valence-corrected chi connectivity index (χ1v) is 7.72. The lowest BCUT2D eigenvalue weighted by atomic mass is 9.53. The van der Waals surface area contributed by atoms with Crippen molar-refractivity contribution < 1.29 is 29.0 Å². The minimum absolute atomic E-state index is 0.0116. The van der Waals surface area contributed by atoms with Crippen LogP contribution >= 0.6 is 0 Å². The van der Waals surface area contributed by atoms with Gasteiger partial charge in [-0.05, 0) is 31.6 Å². The Balaban J connectivity index is 1.91. The summed E-state index contributed by atoms with van der Waals surface area (Å²) >= 11 is 0. The summed E-state index contributed by atoms with van der Waals surface area (Å²) in [5, 5.41) is 11.8. The van der Waals surface area contributed by atoms with Gasteiger partial charge in [-0.1, -0.05) is 11.6 Å². The summed E-state index contributed by atoms with van der Waals surface area (Å²) < 4.78 is 9.62. The maximum atomic E-state index is 11.8. The van der Waals surface area contributed by atoms with Crippen LogP contribution in [0.15, 0.2) is 11.6 Å². The van der Waals surface area contributed by atoms with E-state index in [0.717, 1.165) is 12.8 Å². The number of carboxylic acids is 1. The predicted octanol–water partition coefficient (Wildman–Crippen LogP) is 2.07. The molecule has 1 amide bonds. The SMILES string of the molecule is CC(=O)OC(C)OC(=O)NC[C@@]1(CC(=O)O)C[C@H]2CC(C)=C[C@@H]21. The summed E-state index contributed by atoms with van der Waals surface area (Å²) in [6.45, 7) is 4.95. The van der Waals surface area contributed by atoms with Crippen molar-refractivity contribution in [2.24, 2.45) is 17.3 Å². The number of aliphatic carboxylic acids is 1. The van der Waals surface area contributed by atoms with Crippen LogP contribution in [0.1, 0.15) is 40.0 Å². The van der Waals surface area contributed by atoms with E-state index < -0.39 is 29.7 Å². The second-order valence-electron chi connectivity index (χ2n) is 6.58. The van der Waals surface area contributed by atoms with Crippen molar-refractivity contribution in [3.05, 3.63) is 11.6 Å². The number of rotatable bonds is 6. The Morgan fingerprint density at radius 2 is 2.13 bits per heavy atom. The molecule has 1 fully saturated rings. The molecule has 23 heavy (non-hydrogen) atoms. The van der Waals surface area contributed by atoms with Gasteiger partial charge in [-0.3, -0.25) is 9.59 Å². The van der Waals surface area contributed by atoms with E-state index in [0.29, 0.717) is 5.92 Å². The van der Waals surface area contributed by atoms with E-state index in [2.05, 4.69) is 11.4 Å². The van der Waals surface area contributed by atoms with Crippen molar-refractivity contribution in [1.29, 1.82) is 0 Å². The maximum absolute atomic E-state index is 11.8. The third-order valence-electron chi connectivity index (χ3n) is 4.62. The number of amides is 1. The molecule has 0 heterocycles. The lowest BCUT2D eigenvalue weighted by Gasteiger charge is -2.51. The van der Waals surface area contributed by atoms with Crippen molar-refractivity contribution >= 4 is 18.0 Å². The first-order chi connectivity index (χ1) is 10.7. The van der Waals surface area contributed by atoms with E-state index in [1.807, 2.05) is 6.92 Å². The second kappa shape index (κ2) is 6.60. The number of carbonyl (C=O) groups excluding carboxylic acids is 2. The zero-order valence-electron chi connectivity index (χ0n) is 13.6. The first-order valence-electron chi connectivity index (χ1n) is 7.72. The minimum Gasteiger partial charge on any atom is -0.481 e. The van der Waals surface area contributed by atoms with Crippen LogP contribution in [0.3, 0.4) is 0 Å². The van der Waals surface area contributed by atoms with Crippen molar-refractivity contribution in [2.45, 2.75) is 46.3 Å². The van der Waals surface area contributed by atoms with Crippen LogP contribution in [0.25, 0.3) is 0 Å². The highest BCUT2D eigenvalue weighted by molar-refractivity contribution is 5.70. The molecule has 2 N–H and O–H groups in total. The van der Waals surface area contributed by atoms with Crippen LogP contribution in [-0.4, -0.2) is 36.0 Å². The molecule has 7 nitrogen and oxygen atoms in total. The highest BCUT2D eigenvalue weighted by Crippen LogP contribution is 2.59. The van der Waals surface area contributed by atoms with Gasteiger partial charge in [0.05, 0.1) is 6.42 Å². The highest BCUT2D eigenvalue weighted by atomic mass is 16.7. The third kappa shape index (κ3) is 4.03. The van der Waals surface area contributed by atoms with Crippen molar-refractivity contribution in [3.8, 4) is 0 Å². The number of hydrogen-bond acceptors (Lipinski definition) is 5. The Morgan fingerprint density at radius 1 is 1.43 bits per heavy atom. The number of alkyl carbamates (subject to hydrolysis) is 1. The molecule has 2 aliphatic rings. The maximum Gasteiger partial charge on any atom is 0.410 e. The first kappa shape index (κ1) is 17.3. The molecule has 2 rings (SSSR count). The Hall–Kier alpha value is -2.05. The van der Waals surface area contributed by atoms with Gasteiger partial charge in [0.15, 0.2) is 0 Å². The molecule has 0 aromatic carbocycles. The Kier molecular flexibility index (Phi) is 4.97. The van der Waals surface area contributed by atoms with Gasteiger partial charge < -0.3 is 19.9 Å². The van der Waals surface area contributed by atoms with E-state index >= 15 is 0 Å². The average Bonchev–Trinajstić information content (AvgIpc) is 2.70. The molecule has 0 aromatic rings. The van der Waals surface area contributed by atoms with E-state index in [-0.39, 0.29) is 18.9 Å². The number of fused-ring (bicyclic) bond motifs is 1. The largest absolute Gasteiger partial charge is 0.481 e. The van der Waals surface area contributed by atoms with Gasteiger partial charge in [-0.2, -0.15) is 0 Å². The monoisotopic (exact) mass is 325 g/mol. The number of carboxylic acid groups (broad SMARTS) is 1. The molecule has 4 atom stereocenters. The van der Waals surface area contributed by atoms with E-state index in [9.17, 15) is 19.5 Å². The van der Waals surface area contributed by atoms with Crippen molar-refractivity contribution in [3.63, 3.8) is 0 Å². The van der Waals surface area contributed by atoms with Crippen LogP contribution in [0, 0.1) is 17.3 Å². The van der Waals surface area contributed by atoms with Gasteiger partial charge in [0.25, 0.3) is 0 Å². The van der Waals surface area contributed by atoms with Gasteiger partial charge in [-0.15, -0.1) is 0 Å². The second-order valence-corrected chi connectivity index (χ2v) is 6.58. The topological polar surface area (TPSA) is 102 Å².